The van der Waals surface area contributed by atoms with Gasteiger partial charge in [0.1, 0.15) is 17.3 Å². The van der Waals surface area contributed by atoms with Gasteiger partial charge < -0.3 is 15.4 Å². The Kier molecular flexibility index (Phi) is 5.72. The molecule has 1 amide bonds. The number of carbonyl (C=O) groups is 1. The summed E-state index contributed by atoms with van der Waals surface area (Å²) in [4.78, 5) is 37.7. The van der Waals surface area contributed by atoms with Gasteiger partial charge >= 0.3 is 0 Å². The van der Waals surface area contributed by atoms with E-state index < -0.39 is 22.0 Å². The SMILES string of the molecule is Cc1ccc(Oc2cc(=O)n(C)c(Nc3ccc([N+](=O)[O-])cc3F)c2NC=O)cn1. The van der Waals surface area contributed by atoms with Gasteiger partial charge in [0.25, 0.3) is 11.2 Å². The van der Waals surface area contributed by atoms with Gasteiger partial charge in [-0.05, 0) is 25.1 Å². The number of rotatable bonds is 7. The Bertz CT molecular complexity index is 1180. The summed E-state index contributed by atoms with van der Waals surface area (Å²) in [7, 11) is 1.40. The van der Waals surface area contributed by atoms with E-state index in [0.29, 0.717) is 12.2 Å². The number of hydrogen-bond donors (Lipinski definition) is 2. The number of hydrogen-bond acceptors (Lipinski definition) is 7. The summed E-state index contributed by atoms with van der Waals surface area (Å²) in [6.45, 7) is 1.79. The molecule has 154 valence electrons. The van der Waals surface area contributed by atoms with Gasteiger partial charge in [-0.3, -0.25) is 29.3 Å². The van der Waals surface area contributed by atoms with E-state index >= 15 is 0 Å². The third kappa shape index (κ3) is 4.24. The Hall–Kier alpha value is -4.28. The molecule has 3 rings (SSSR count). The molecule has 2 aromatic heterocycles. The Morgan fingerprint density at radius 3 is 2.63 bits per heavy atom. The summed E-state index contributed by atoms with van der Waals surface area (Å²) in [5, 5.41) is 15.9. The van der Waals surface area contributed by atoms with E-state index in [1.54, 1.807) is 19.1 Å². The number of amides is 1. The molecule has 0 fully saturated rings. The molecule has 3 aromatic rings. The quantitative estimate of drug-likeness (QED) is 0.346. The second-order valence-corrected chi connectivity index (χ2v) is 6.18. The van der Waals surface area contributed by atoms with Crippen LogP contribution in [0.5, 0.6) is 11.5 Å². The predicted molar refractivity (Wildman–Crippen MR) is 107 cm³/mol. The van der Waals surface area contributed by atoms with Gasteiger partial charge in [0, 0.05) is 24.9 Å². The normalized spacial score (nSPS) is 10.4. The van der Waals surface area contributed by atoms with Crippen LogP contribution >= 0.6 is 0 Å². The van der Waals surface area contributed by atoms with E-state index in [1.807, 2.05) is 0 Å². The molecule has 0 saturated carbocycles. The summed E-state index contributed by atoms with van der Waals surface area (Å²) in [5.41, 5.74) is -0.258. The van der Waals surface area contributed by atoms with Crippen LogP contribution in [-0.2, 0) is 11.8 Å². The molecule has 2 heterocycles. The minimum atomic E-state index is -0.914. The highest BCUT2D eigenvalue weighted by Crippen LogP contribution is 2.36. The zero-order valence-corrected chi connectivity index (χ0v) is 15.9. The van der Waals surface area contributed by atoms with Crippen LogP contribution in [0.4, 0.5) is 27.3 Å². The third-order valence-electron chi connectivity index (χ3n) is 4.14. The molecule has 10 nitrogen and oxygen atoms in total. The standard InChI is InChI=1S/C19H16FN5O5/c1-11-3-5-13(9-21-11)30-16-8-17(27)24(2)19(18(16)22-10-26)23-15-6-4-12(25(28)29)7-14(15)20/h3-10,23H,1-2H3,(H,22,26). The number of ether oxygens (including phenoxy) is 1. The van der Waals surface area contributed by atoms with Crippen LogP contribution in [0.25, 0.3) is 0 Å². The Morgan fingerprint density at radius 2 is 2.03 bits per heavy atom. The molecule has 11 heteroatoms. The van der Waals surface area contributed by atoms with Crippen LogP contribution < -0.4 is 20.9 Å². The summed E-state index contributed by atoms with van der Waals surface area (Å²) >= 11 is 0. The number of benzene rings is 1. The van der Waals surface area contributed by atoms with Crippen LogP contribution in [0.3, 0.4) is 0 Å². The lowest BCUT2D eigenvalue weighted by Gasteiger charge is -2.19. The van der Waals surface area contributed by atoms with Crippen LogP contribution in [0, 0.1) is 22.9 Å². The topological polar surface area (TPSA) is 128 Å². The number of aromatic nitrogens is 2. The highest BCUT2D eigenvalue weighted by Gasteiger charge is 2.19. The van der Waals surface area contributed by atoms with Crippen molar-refractivity contribution in [2.45, 2.75) is 6.92 Å². The maximum Gasteiger partial charge on any atom is 0.272 e. The number of nitro benzene ring substituents is 1. The van der Waals surface area contributed by atoms with Gasteiger partial charge in [-0.1, -0.05) is 0 Å². The molecular formula is C19H16FN5O5. The van der Waals surface area contributed by atoms with Crippen molar-refractivity contribution in [2.75, 3.05) is 10.6 Å². The molecule has 0 atom stereocenters. The van der Waals surface area contributed by atoms with Crippen molar-refractivity contribution < 1.29 is 18.8 Å². The molecule has 0 unspecified atom stereocenters. The number of nitrogens with zero attached hydrogens (tertiary/aromatic N) is 3. The van der Waals surface area contributed by atoms with E-state index in [-0.39, 0.29) is 22.9 Å². The lowest BCUT2D eigenvalue weighted by atomic mass is 10.2. The lowest BCUT2D eigenvalue weighted by Crippen LogP contribution is -2.21. The fourth-order valence-corrected chi connectivity index (χ4v) is 2.59. The van der Waals surface area contributed by atoms with E-state index in [0.717, 1.165) is 34.5 Å². The van der Waals surface area contributed by atoms with Gasteiger partial charge in [0.15, 0.2) is 11.6 Å². The highest BCUT2D eigenvalue weighted by atomic mass is 19.1. The monoisotopic (exact) mass is 413 g/mol. The zero-order chi connectivity index (χ0) is 21.8. The molecular weight excluding hydrogens is 397 g/mol. The van der Waals surface area contributed by atoms with Crippen molar-refractivity contribution in [3.63, 3.8) is 0 Å². The first-order valence-corrected chi connectivity index (χ1v) is 8.56. The number of carbonyl (C=O) groups excluding carboxylic acids is 1. The number of halogens is 1. The van der Waals surface area contributed by atoms with Crippen molar-refractivity contribution in [1.82, 2.24) is 9.55 Å². The zero-order valence-electron chi connectivity index (χ0n) is 15.9. The van der Waals surface area contributed by atoms with E-state index in [2.05, 4.69) is 15.6 Å². The number of pyridine rings is 2. The maximum absolute atomic E-state index is 14.3. The molecule has 0 aliphatic carbocycles. The largest absolute Gasteiger partial charge is 0.453 e. The molecule has 2 N–H and O–H groups in total. The summed E-state index contributed by atoms with van der Waals surface area (Å²) in [5.74, 6) is -0.587. The van der Waals surface area contributed by atoms with Gasteiger partial charge in [-0.25, -0.2) is 4.39 Å². The minimum absolute atomic E-state index is 0.000623. The number of non-ortho nitro benzene ring substituents is 1. The van der Waals surface area contributed by atoms with Crippen LogP contribution in [0.15, 0.2) is 47.4 Å². The van der Waals surface area contributed by atoms with E-state index in [9.17, 15) is 24.1 Å². The van der Waals surface area contributed by atoms with Crippen LogP contribution in [-0.4, -0.2) is 20.9 Å². The average Bonchev–Trinajstić information content (AvgIpc) is 2.71. The molecule has 0 spiro atoms. The summed E-state index contributed by atoms with van der Waals surface area (Å²) in [6, 6.07) is 7.49. The van der Waals surface area contributed by atoms with Crippen molar-refractivity contribution in [3.05, 3.63) is 74.6 Å². The first-order chi connectivity index (χ1) is 14.3. The first kappa shape index (κ1) is 20.5. The van der Waals surface area contributed by atoms with Gasteiger partial charge in [0.05, 0.1) is 22.9 Å². The van der Waals surface area contributed by atoms with Crippen LogP contribution in [0.1, 0.15) is 5.69 Å². The van der Waals surface area contributed by atoms with Gasteiger partial charge in [-0.15, -0.1) is 0 Å². The van der Waals surface area contributed by atoms with Crippen molar-refractivity contribution in [3.8, 4) is 11.5 Å². The Morgan fingerprint density at radius 1 is 1.27 bits per heavy atom. The van der Waals surface area contributed by atoms with Crippen molar-refractivity contribution in [1.29, 1.82) is 0 Å². The number of nitrogens with one attached hydrogen (secondary N) is 2. The first-order valence-electron chi connectivity index (χ1n) is 8.56. The number of nitro groups is 1. The molecule has 0 radical (unpaired) electrons. The number of anilines is 3. The molecule has 0 saturated heterocycles. The molecule has 1 aromatic carbocycles. The van der Waals surface area contributed by atoms with Crippen molar-refractivity contribution in [2.24, 2.45) is 7.05 Å². The van der Waals surface area contributed by atoms with Gasteiger partial charge in [-0.2, -0.15) is 0 Å². The lowest BCUT2D eigenvalue weighted by molar-refractivity contribution is -0.385. The summed E-state index contributed by atoms with van der Waals surface area (Å²) in [6.07, 6.45) is 1.82. The second-order valence-electron chi connectivity index (χ2n) is 6.18. The van der Waals surface area contributed by atoms with E-state index in [4.69, 9.17) is 4.74 Å². The third-order valence-corrected chi connectivity index (χ3v) is 4.14. The fraction of sp³-hybridized carbons (Fsp3) is 0.105. The molecule has 0 aliphatic rings. The smallest absolute Gasteiger partial charge is 0.272 e. The summed E-state index contributed by atoms with van der Waals surface area (Å²) < 4.78 is 21.2. The fourth-order valence-electron chi connectivity index (χ4n) is 2.59. The second kappa shape index (κ2) is 8.39. The highest BCUT2D eigenvalue weighted by molar-refractivity contribution is 5.85. The van der Waals surface area contributed by atoms with Crippen molar-refractivity contribution >= 4 is 29.3 Å². The van der Waals surface area contributed by atoms with E-state index in [1.165, 1.54) is 13.2 Å². The van der Waals surface area contributed by atoms with Gasteiger partial charge in [0.2, 0.25) is 6.41 Å². The minimum Gasteiger partial charge on any atom is -0.453 e. The Balaban J connectivity index is 2.07. The predicted octanol–water partition coefficient (Wildman–Crippen LogP) is 3.24. The Labute approximate surface area is 169 Å². The average molecular weight is 413 g/mol. The number of aryl methyl sites for hydroxylation is 1. The maximum atomic E-state index is 14.3. The molecule has 0 bridgehead atoms. The van der Waals surface area contributed by atoms with Crippen LogP contribution in [0.2, 0.25) is 0 Å². The molecule has 30 heavy (non-hydrogen) atoms. The molecule has 0 aliphatic heterocycles.